The van der Waals surface area contributed by atoms with Gasteiger partial charge in [-0.25, -0.2) is 0 Å². The van der Waals surface area contributed by atoms with Crippen LogP contribution < -0.4 is 0 Å². The number of allylic oxidation sites excluding steroid dienone is 1. The molecule has 0 N–H and O–H groups in total. The van der Waals surface area contributed by atoms with E-state index in [4.69, 9.17) is 0 Å². The summed E-state index contributed by atoms with van der Waals surface area (Å²) in [5.74, 6) is 0. The van der Waals surface area contributed by atoms with Crippen molar-refractivity contribution in [2.75, 3.05) is 0 Å². The highest BCUT2D eigenvalue weighted by atomic mass is 79.9. The van der Waals surface area contributed by atoms with E-state index >= 15 is 0 Å². The van der Waals surface area contributed by atoms with Crippen molar-refractivity contribution in [1.29, 1.82) is 0 Å². The highest BCUT2D eigenvalue weighted by Gasteiger charge is 2.07. The highest BCUT2D eigenvalue weighted by molar-refractivity contribution is 9.11. The molecule has 70 valence electrons. The van der Waals surface area contributed by atoms with Crippen LogP contribution in [-0.2, 0) is 0 Å². The van der Waals surface area contributed by atoms with E-state index in [2.05, 4.69) is 15.9 Å². The number of halogens is 1. The summed E-state index contributed by atoms with van der Waals surface area (Å²) in [7, 11) is 0. The first-order chi connectivity index (χ1) is 6.13. The summed E-state index contributed by atoms with van der Waals surface area (Å²) in [4.78, 5) is 11.0. The molecule has 1 heterocycles. The second kappa shape index (κ2) is 4.53. The fourth-order valence-electron chi connectivity index (χ4n) is 0.854. The Labute approximate surface area is 88.4 Å². The minimum Gasteiger partial charge on any atom is -0.259 e. The fraction of sp³-hybridized carbons (Fsp3) is 0.250. The van der Waals surface area contributed by atoms with Crippen LogP contribution in [0.1, 0.15) is 18.2 Å². The molecule has 0 fully saturated rings. The second-order valence-corrected chi connectivity index (χ2v) is 4.88. The molecule has 0 aliphatic rings. The largest absolute Gasteiger partial charge is 0.259 e. The van der Waals surface area contributed by atoms with Crippen molar-refractivity contribution in [2.24, 2.45) is 0 Å². The topological polar surface area (TPSA) is 43.1 Å². The van der Waals surface area contributed by atoms with E-state index in [9.17, 15) is 10.1 Å². The number of nitrogens with zero attached hydrogens (tertiary/aromatic N) is 1. The van der Waals surface area contributed by atoms with Gasteiger partial charge in [-0.15, -0.1) is 11.3 Å². The molecule has 0 bridgehead atoms. The molecule has 1 aromatic heterocycles. The molecular formula is C8H8BrNO2S. The molecule has 0 saturated heterocycles. The molecule has 0 aliphatic heterocycles. The molecule has 1 aromatic rings. The molecule has 0 unspecified atom stereocenters. The lowest BCUT2D eigenvalue weighted by molar-refractivity contribution is -0.425. The zero-order valence-electron chi connectivity index (χ0n) is 6.99. The summed E-state index contributed by atoms with van der Waals surface area (Å²) in [5.41, 5.74) is 0.245. The van der Waals surface area contributed by atoms with Crippen LogP contribution in [0.15, 0.2) is 21.6 Å². The minimum absolute atomic E-state index is 0.245. The molecule has 3 nitrogen and oxygen atoms in total. The quantitative estimate of drug-likeness (QED) is 0.617. The Morgan fingerprint density at radius 1 is 1.77 bits per heavy atom. The molecule has 13 heavy (non-hydrogen) atoms. The number of hydrogen-bond donors (Lipinski definition) is 0. The van der Waals surface area contributed by atoms with Gasteiger partial charge >= 0.3 is 0 Å². The average Bonchev–Trinajstić information content (AvgIpc) is 2.46. The summed E-state index contributed by atoms with van der Waals surface area (Å²) in [5, 5.41) is 10.5. The van der Waals surface area contributed by atoms with Gasteiger partial charge in [0, 0.05) is 17.4 Å². The zero-order chi connectivity index (χ0) is 9.84. The summed E-state index contributed by atoms with van der Waals surface area (Å²) >= 11 is 4.79. The van der Waals surface area contributed by atoms with Crippen molar-refractivity contribution in [1.82, 2.24) is 0 Å². The van der Waals surface area contributed by atoms with E-state index in [-0.39, 0.29) is 10.6 Å². The first kappa shape index (κ1) is 10.4. The van der Waals surface area contributed by atoms with E-state index in [0.717, 1.165) is 8.66 Å². The molecule has 0 spiro atoms. The molecule has 0 atom stereocenters. The molecule has 1 rings (SSSR count). The Balaban J connectivity index is 2.91. The van der Waals surface area contributed by atoms with Gasteiger partial charge < -0.3 is 0 Å². The second-order valence-electron chi connectivity index (χ2n) is 2.39. The fourth-order valence-corrected chi connectivity index (χ4v) is 2.24. The minimum atomic E-state index is -0.340. The lowest BCUT2D eigenvalue weighted by Gasteiger charge is -1.91. The SMILES string of the molecule is CCC(=Cc1ccc(Br)s1)[N+](=O)[O-]. The molecule has 0 radical (unpaired) electrons. The van der Waals surface area contributed by atoms with Crippen molar-refractivity contribution >= 4 is 33.3 Å². The Kier molecular flexibility index (Phi) is 3.62. The summed E-state index contributed by atoms with van der Waals surface area (Å²) in [6.45, 7) is 1.78. The maximum absolute atomic E-state index is 10.5. The van der Waals surface area contributed by atoms with Gasteiger partial charge in [0.25, 0.3) is 0 Å². The Morgan fingerprint density at radius 2 is 2.46 bits per heavy atom. The molecular weight excluding hydrogens is 254 g/mol. The summed E-state index contributed by atoms with van der Waals surface area (Å²) in [6.07, 6.45) is 2.05. The van der Waals surface area contributed by atoms with Gasteiger partial charge in [0.15, 0.2) is 0 Å². The van der Waals surface area contributed by atoms with Crippen molar-refractivity contribution in [3.05, 3.63) is 36.6 Å². The Morgan fingerprint density at radius 3 is 2.85 bits per heavy atom. The third kappa shape index (κ3) is 2.93. The third-order valence-corrected chi connectivity index (χ3v) is 3.07. The first-order valence-corrected chi connectivity index (χ1v) is 5.34. The van der Waals surface area contributed by atoms with Gasteiger partial charge in [0.05, 0.1) is 8.71 Å². The van der Waals surface area contributed by atoms with Gasteiger partial charge in [0.2, 0.25) is 5.70 Å². The maximum Gasteiger partial charge on any atom is 0.247 e. The van der Waals surface area contributed by atoms with E-state index in [0.29, 0.717) is 6.42 Å². The van der Waals surface area contributed by atoms with E-state index in [1.807, 2.05) is 12.1 Å². The lowest BCUT2D eigenvalue weighted by Crippen LogP contribution is -1.95. The number of nitro groups is 1. The van der Waals surface area contributed by atoms with Crippen molar-refractivity contribution < 1.29 is 4.92 Å². The standard InChI is InChI=1S/C8H8BrNO2S/c1-2-6(10(11)12)5-7-3-4-8(9)13-7/h3-5H,2H2,1H3. The van der Waals surface area contributed by atoms with Crippen LogP contribution in [0.5, 0.6) is 0 Å². The monoisotopic (exact) mass is 261 g/mol. The first-order valence-electron chi connectivity index (χ1n) is 3.73. The smallest absolute Gasteiger partial charge is 0.247 e. The van der Waals surface area contributed by atoms with Gasteiger partial charge in [0.1, 0.15) is 0 Å². The summed E-state index contributed by atoms with van der Waals surface area (Å²) < 4.78 is 0.984. The van der Waals surface area contributed by atoms with Gasteiger partial charge in [-0.2, -0.15) is 0 Å². The van der Waals surface area contributed by atoms with Crippen LogP contribution in [-0.4, -0.2) is 4.92 Å². The van der Waals surface area contributed by atoms with E-state index in [1.165, 1.54) is 11.3 Å². The van der Waals surface area contributed by atoms with Crippen molar-refractivity contribution in [3.63, 3.8) is 0 Å². The van der Waals surface area contributed by atoms with Gasteiger partial charge in [-0.05, 0) is 28.1 Å². The number of thiophene rings is 1. The Hall–Kier alpha value is -0.680. The predicted molar refractivity (Wildman–Crippen MR) is 57.3 cm³/mol. The number of hydrogen-bond acceptors (Lipinski definition) is 3. The van der Waals surface area contributed by atoms with E-state index in [1.54, 1.807) is 13.0 Å². The van der Waals surface area contributed by atoms with Crippen molar-refractivity contribution in [3.8, 4) is 0 Å². The zero-order valence-corrected chi connectivity index (χ0v) is 9.39. The van der Waals surface area contributed by atoms with Crippen molar-refractivity contribution in [2.45, 2.75) is 13.3 Å². The predicted octanol–water partition coefficient (Wildman–Crippen LogP) is 3.54. The molecule has 0 aromatic carbocycles. The van der Waals surface area contributed by atoms with Crippen LogP contribution in [0.4, 0.5) is 0 Å². The van der Waals surface area contributed by atoms with Crippen LogP contribution in [0.3, 0.4) is 0 Å². The normalized spacial score (nSPS) is 11.7. The number of rotatable bonds is 3. The molecule has 0 saturated carbocycles. The maximum atomic E-state index is 10.5. The van der Waals surface area contributed by atoms with E-state index < -0.39 is 0 Å². The third-order valence-electron chi connectivity index (χ3n) is 1.50. The Bertz CT molecular complexity index is 346. The molecule has 0 amide bonds. The van der Waals surface area contributed by atoms with Gasteiger partial charge in [-0.1, -0.05) is 6.92 Å². The van der Waals surface area contributed by atoms with Crippen LogP contribution in [0.25, 0.3) is 6.08 Å². The summed E-state index contributed by atoms with van der Waals surface area (Å²) in [6, 6.07) is 3.73. The van der Waals surface area contributed by atoms with Gasteiger partial charge in [-0.3, -0.25) is 10.1 Å². The average molecular weight is 262 g/mol. The molecule has 5 heteroatoms. The van der Waals surface area contributed by atoms with Crippen LogP contribution in [0, 0.1) is 10.1 Å². The molecule has 0 aliphatic carbocycles. The highest BCUT2D eigenvalue weighted by Crippen LogP contribution is 2.24. The van der Waals surface area contributed by atoms with Crippen LogP contribution in [0.2, 0.25) is 0 Å². The lowest BCUT2D eigenvalue weighted by atomic mass is 10.3. The van der Waals surface area contributed by atoms with Crippen LogP contribution >= 0.6 is 27.3 Å².